The van der Waals surface area contributed by atoms with Crippen LogP contribution in [0, 0.1) is 17.2 Å². The molecule has 2 saturated carbocycles. The van der Waals surface area contributed by atoms with Crippen molar-refractivity contribution >= 4 is 22.6 Å². The molecule has 2 aliphatic carbocycles. The first kappa shape index (κ1) is 25.6. The highest BCUT2D eigenvalue weighted by molar-refractivity contribution is 5.99. The standard InChI is InChI=1S/C25H30N6O2.C3H6/c1-15(2)29-22-11-23(31-9-8-19-10-17(12-26)13-28-24(19)31)27-14-21(22)25(33)30-20-6-4-18(5-7-20)16(3)32;1-2-3-1/h8-11,13-16,18,20,32H,4-7H2,1-3H3,(H,27,29)(H,30,33);1-3H2. The van der Waals surface area contributed by atoms with E-state index in [-0.39, 0.29) is 24.1 Å². The molecule has 3 N–H and O–H groups in total. The third-order valence-electron chi connectivity index (χ3n) is 6.62. The normalized spacial score (nSPS) is 19.7. The molecule has 1 amide bonds. The van der Waals surface area contributed by atoms with Crippen LogP contribution in [0.25, 0.3) is 16.9 Å². The number of aliphatic hydroxyl groups is 1. The first-order valence-electron chi connectivity index (χ1n) is 13.0. The number of rotatable bonds is 6. The smallest absolute Gasteiger partial charge is 0.255 e. The summed E-state index contributed by atoms with van der Waals surface area (Å²) in [6, 6.07) is 7.88. The predicted molar refractivity (Wildman–Crippen MR) is 141 cm³/mol. The van der Waals surface area contributed by atoms with Crippen LogP contribution in [0.4, 0.5) is 5.69 Å². The highest BCUT2D eigenvalue weighted by Gasteiger charge is 2.26. The zero-order valence-corrected chi connectivity index (χ0v) is 21.4. The molecule has 8 heteroatoms. The van der Waals surface area contributed by atoms with Crippen LogP contribution in [0.1, 0.15) is 81.6 Å². The van der Waals surface area contributed by atoms with Crippen LogP contribution in [0.2, 0.25) is 0 Å². The van der Waals surface area contributed by atoms with Crippen molar-refractivity contribution in [2.24, 2.45) is 5.92 Å². The van der Waals surface area contributed by atoms with Gasteiger partial charge in [-0.3, -0.25) is 9.36 Å². The number of pyridine rings is 2. The fourth-order valence-corrected chi connectivity index (χ4v) is 4.47. The number of nitrogens with zero attached hydrogens (tertiary/aromatic N) is 4. The molecule has 0 radical (unpaired) electrons. The van der Waals surface area contributed by atoms with Gasteiger partial charge in [-0.1, -0.05) is 19.3 Å². The van der Waals surface area contributed by atoms with Crippen LogP contribution in [-0.2, 0) is 0 Å². The van der Waals surface area contributed by atoms with Crippen molar-refractivity contribution in [3.05, 3.63) is 47.9 Å². The molecule has 3 aromatic heterocycles. The Labute approximate surface area is 212 Å². The molecule has 190 valence electrons. The lowest BCUT2D eigenvalue weighted by Gasteiger charge is -2.30. The van der Waals surface area contributed by atoms with Gasteiger partial charge in [-0.25, -0.2) is 9.97 Å². The molecular weight excluding hydrogens is 452 g/mol. The summed E-state index contributed by atoms with van der Waals surface area (Å²) in [6.45, 7) is 5.89. The first-order valence-corrected chi connectivity index (χ1v) is 13.0. The first-order chi connectivity index (χ1) is 17.4. The van der Waals surface area contributed by atoms with Crippen molar-refractivity contribution < 1.29 is 9.90 Å². The summed E-state index contributed by atoms with van der Waals surface area (Å²) in [5.41, 5.74) is 2.41. The summed E-state index contributed by atoms with van der Waals surface area (Å²) < 4.78 is 1.85. The van der Waals surface area contributed by atoms with Crippen molar-refractivity contribution in [3.63, 3.8) is 0 Å². The Morgan fingerprint density at radius 2 is 1.83 bits per heavy atom. The molecule has 0 aliphatic heterocycles. The molecule has 1 atom stereocenters. The lowest BCUT2D eigenvalue weighted by atomic mass is 9.83. The van der Waals surface area contributed by atoms with Gasteiger partial charge < -0.3 is 15.7 Å². The minimum absolute atomic E-state index is 0.103. The van der Waals surface area contributed by atoms with Crippen molar-refractivity contribution in [1.82, 2.24) is 19.9 Å². The van der Waals surface area contributed by atoms with Gasteiger partial charge in [-0.2, -0.15) is 5.26 Å². The maximum atomic E-state index is 13.1. The Kier molecular flexibility index (Phi) is 8.21. The van der Waals surface area contributed by atoms with Crippen LogP contribution >= 0.6 is 0 Å². The van der Waals surface area contributed by atoms with Crippen LogP contribution in [0.5, 0.6) is 0 Å². The Morgan fingerprint density at radius 1 is 1.11 bits per heavy atom. The molecule has 0 spiro atoms. The second-order valence-electron chi connectivity index (χ2n) is 10.2. The number of aromatic nitrogens is 3. The van der Waals surface area contributed by atoms with Gasteiger partial charge in [0.2, 0.25) is 0 Å². The zero-order valence-electron chi connectivity index (χ0n) is 21.4. The topological polar surface area (TPSA) is 116 Å². The van der Waals surface area contributed by atoms with Gasteiger partial charge in [-0.15, -0.1) is 0 Å². The third-order valence-corrected chi connectivity index (χ3v) is 6.62. The molecule has 5 rings (SSSR count). The van der Waals surface area contributed by atoms with E-state index in [1.54, 1.807) is 18.5 Å². The van der Waals surface area contributed by atoms with Crippen LogP contribution < -0.4 is 10.6 Å². The number of hydrogen-bond donors (Lipinski definition) is 3. The number of anilines is 1. The van der Waals surface area contributed by atoms with Gasteiger partial charge in [0.05, 0.1) is 22.9 Å². The molecule has 8 nitrogen and oxygen atoms in total. The molecule has 0 aromatic carbocycles. The predicted octanol–water partition coefficient (Wildman–Crippen LogP) is 4.95. The lowest BCUT2D eigenvalue weighted by Crippen LogP contribution is -2.39. The van der Waals surface area contributed by atoms with E-state index in [0.29, 0.717) is 34.2 Å². The minimum atomic E-state index is -0.300. The third kappa shape index (κ3) is 6.41. The summed E-state index contributed by atoms with van der Waals surface area (Å²) in [6.07, 6.45) is 12.8. The molecule has 1 unspecified atom stereocenters. The maximum absolute atomic E-state index is 13.1. The van der Waals surface area contributed by atoms with Crippen molar-refractivity contribution in [2.75, 3.05) is 5.32 Å². The summed E-state index contributed by atoms with van der Waals surface area (Å²) in [7, 11) is 0. The molecule has 2 fully saturated rings. The van der Waals surface area contributed by atoms with E-state index in [2.05, 4.69) is 26.7 Å². The summed E-state index contributed by atoms with van der Waals surface area (Å²) in [4.78, 5) is 22.1. The minimum Gasteiger partial charge on any atom is -0.393 e. The second-order valence-corrected chi connectivity index (χ2v) is 10.2. The van der Waals surface area contributed by atoms with Crippen molar-refractivity contribution in [2.45, 2.75) is 83.9 Å². The molecular formula is C28H36N6O2. The average molecular weight is 489 g/mol. The Morgan fingerprint density at radius 3 is 2.44 bits per heavy atom. The van der Waals surface area contributed by atoms with Crippen LogP contribution in [0.15, 0.2) is 36.8 Å². The SMILES string of the molecule is C1CC1.CC(C)Nc1cc(-n2ccc3cc(C#N)cnc32)ncc1C(=O)NC1CCC(C(C)O)CC1. The quantitative estimate of drug-likeness (QED) is 0.452. The van der Waals surface area contributed by atoms with E-state index in [4.69, 9.17) is 5.26 Å². The summed E-state index contributed by atoms with van der Waals surface area (Å²) >= 11 is 0. The lowest BCUT2D eigenvalue weighted by molar-refractivity contribution is 0.0832. The number of nitrogens with one attached hydrogen (secondary N) is 2. The second kappa shape index (κ2) is 11.5. The number of aliphatic hydroxyl groups excluding tert-OH is 1. The number of carbonyl (C=O) groups is 1. The number of hydrogen-bond acceptors (Lipinski definition) is 6. The molecule has 3 aromatic rings. The van der Waals surface area contributed by atoms with E-state index >= 15 is 0 Å². The zero-order chi connectivity index (χ0) is 25.7. The summed E-state index contributed by atoms with van der Waals surface area (Å²) in [5.74, 6) is 0.803. The van der Waals surface area contributed by atoms with E-state index < -0.39 is 0 Å². The number of nitriles is 1. The van der Waals surface area contributed by atoms with Crippen LogP contribution in [-0.4, -0.2) is 43.7 Å². The average Bonchev–Trinajstić information content (AvgIpc) is 3.69. The monoisotopic (exact) mass is 488 g/mol. The van der Waals surface area contributed by atoms with E-state index in [0.717, 1.165) is 31.1 Å². The van der Waals surface area contributed by atoms with Gasteiger partial charge in [0.25, 0.3) is 5.91 Å². The van der Waals surface area contributed by atoms with E-state index in [1.807, 2.05) is 43.7 Å². The van der Waals surface area contributed by atoms with Crippen molar-refractivity contribution in [3.8, 4) is 11.9 Å². The van der Waals surface area contributed by atoms with Gasteiger partial charge in [-0.05, 0) is 64.5 Å². The number of amides is 1. The maximum Gasteiger partial charge on any atom is 0.255 e. The van der Waals surface area contributed by atoms with Crippen LogP contribution in [0.3, 0.4) is 0 Å². The highest BCUT2D eigenvalue weighted by atomic mass is 16.3. The Bertz CT molecular complexity index is 1230. The van der Waals surface area contributed by atoms with Gasteiger partial charge in [0.15, 0.2) is 0 Å². The molecule has 36 heavy (non-hydrogen) atoms. The van der Waals surface area contributed by atoms with Gasteiger partial charge in [0, 0.05) is 42.1 Å². The van der Waals surface area contributed by atoms with E-state index in [1.165, 1.54) is 19.3 Å². The Hall–Kier alpha value is -3.44. The van der Waals surface area contributed by atoms with Gasteiger partial charge in [0.1, 0.15) is 17.5 Å². The molecule has 0 bridgehead atoms. The molecule has 3 heterocycles. The van der Waals surface area contributed by atoms with E-state index in [9.17, 15) is 9.90 Å². The number of fused-ring (bicyclic) bond motifs is 1. The van der Waals surface area contributed by atoms with Crippen molar-refractivity contribution in [1.29, 1.82) is 5.26 Å². The summed E-state index contributed by atoms with van der Waals surface area (Å²) in [5, 5.41) is 26.3. The van der Waals surface area contributed by atoms with Gasteiger partial charge >= 0.3 is 0 Å². The Balaban J connectivity index is 0.000000943. The highest BCUT2D eigenvalue weighted by Crippen LogP contribution is 2.28. The fraction of sp³-hybridized carbons (Fsp3) is 0.500. The molecule has 2 aliphatic rings. The number of carbonyl (C=O) groups excluding carboxylic acids is 1. The molecule has 0 saturated heterocycles. The largest absolute Gasteiger partial charge is 0.393 e. The fourth-order valence-electron chi connectivity index (χ4n) is 4.47.